The lowest BCUT2D eigenvalue weighted by molar-refractivity contribution is -0.137. The summed E-state index contributed by atoms with van der Waals surface area (Å²) in [5.74, 6) is -0.00797. The number of phenols is 1. The number of hydrogen-bond donors (Lipinski definition) is 2. The normalized spacial score (nSPS) is 25.9. The lowest BCUT2D eigenvalue weighted by Gasteiger charge is -2.28. The van der Waals surface area contributed by atoms with Gasteiger partial charge in [0, 0.05) is 13.1 Å². The van der Waals surface area contributed by atoms with Crippen molar-refractivity contribution in [1.29, 1.82) is 0 Å². The summed E-state index contributed by atoms with van der Waals surface area (Å²) in [6.07, 6.45) is 3.14. The molecule has 2 amide bonds. The second-order valence-corrected chi connectivity index (χ2v) is 5.54. The van der Waals surface area contributed by atoms with Gasteiger partial charge in [-0.15, -0.1) is 0 Å². The fourth-order valence-corrected chi connectivity index (χ4v) is 3.10. The molecule has 2 aliphatic rings. The van der Waals surface area contributed by atoms with E-state index in [1.165, 1.54) is 11.9 Å². The van der Waals surface area contributed by atoms with Gasteiger partial charge in [0.25, 0.3) is 0 Å². The average Bonchev–Trinajstić information content (AvgIpc) is 2.66. The molecule has 1 aromatic rings. The number of fused-ring (bicyclic) bond motifs is 1. The van der Waals surface area contributed by atoms with Gasteiger partial charge in [-0.05, 0) is 42.5 Å². The molecule has 106 valence electrons. The molecule has 5 nitrogen and oxygen atoms in total. The number of carbonyl (C=O) groups is 2. The zero-order chi connectivity index (χ0) is 14.3. The Balaban J connectivity index is 1.80. The number of phenolic OH excluding ortho intramolecular Hbond substituents is 1. The van der Waals surface area contributed by atoms with E-state index in [0.717, 1.165) is 30.4 Å². The minimum absolute atomic E-state index is 0.0765. The first-order valence-electron chi connectivity index (χ1n) is 6.94. The number of aromatic hydroxyl groups is 1. The zero-order valence-corrected chi connectivity index (χ0v) is 11.4. The molecule has 3 rings (SSSR count). The Hall–Kier alpha value is -1.88. The number of nitrogens with zero attached hydrogens (tertiary/aromatic N) is 1. The van der Waals surface area contributed by atoms with E-state index in [9.17, 15) is 14.7 Å². The summed E-state index contributed by atoms with van der Waals surface area (Å²) in [6.45, 7) is 0. The first-order valence-corrected chi connectivity index (χ1v) is 6.94. The van der Waals surface area contributed by atoms with Crippen LogP contribution in [-0.2, 0) is 16.0 Å². The number of nitrogens with one attached hydrogen (secondary N) is 1. The number of aryl methyl sites for hydroxylation is 1. The van der Waals surface area contributed by atoms with Gasteiger partial charge in [-0.2, -0.15) is 0 Å². The van der Waals surface area contributed by atoms with Crippen LogP contribution in [0.25, 0.3) is 0 Å². The maximum absolute atomic E-state index is 12.0. The van der Waals surface area contributed by atoms with Crippen molar-refractivity contribution in [2.24, 2.45) is 0 Å². The summed E-state index contributed by atoms with van der Waals surface area (Å²) >= 11 is 0. The summed E-state index contributed by atoms with van der Waals surface area (Å²) in [6, 6.07) is 5.03. The molecule has 2 unspecified atom stereocenters. The average molecular weight is 274 g/mol. The molecule has 20 heavy (non-hydrogen) atoms. The van der Waals surface area contributed by atoms with E-state index >= 15 is 0 Å². The first-order chi connectivity index (χ1) is 9.56. The van der Waals surface area contributed by atoms with E-state index in [1.807, 2.05) is 6.07 Å². The van der Waals surface area contributed by atoms with Crippen molar-refractivity contribution in [3.63, 3.8) is 0 Å². The molecule has 0 saturated carbocycles. The van der Waals surface area contributed by atoms with E-state index in [2.05, 4.69) is 5.32 Å². The van der Waals surface area contributed by atoms with Gasteiger partial charge in [-0.3, -0.25) is 19.8 Å². The van der Waals surface area contributed by atoms with E-state index < -0.39 is 6.04 Å². The monoisotopic (exact) mass is 274 g/mol. The number of carbonyl (C=O) groups excluding carboxylic acids is 2. The quantitative estimate of drug-likeness (QED) is 0.793. The summed E-state index contributed by atoms with van der Waals surface area (Å²) in [7, 11) is 1.53. The van der Waals surface area contributed by atoms with Crippen molar-refractivity contribution in [1.82, 2.24) is 10.2 Å². The predicted octanol–water partition coefficient (Wildman–Crippen LogP) is 1.12. The lowest BCUT2D eigenvalue weighted by Crippen LogP contribution is -2.40. The van der Waals surface area contributed by atoms with Gasteiger partial charge in [0.2, 0.25) is 11.8 Å². The molecule has 5 heteroatoms. The van der Waals surface area contributed by atoms with Crippen molar-refractivity contribution in [2.75, 3.05) is 7.05 Å². The van der Waals surface area contributed by atoms with Crippen LogP contribution in [0.3, 0.4) is 0 Å². The van der Waals surface area contributed by atoms with Gasteiger partial charge in [-0.25, -0.2) is 0 Å². The largest absolute Gasteiger partial charge is 0.508 e. The smallest absolute Gasteiger partial charge is 0.246 e. The Labute approximate surface area is 117 Å². The van der Waals surface area contributed by atoms with Crippen LogP contribution in [0.1, 0.15) is 36.4 Å². The molecule has 0 spiro atoms. The second-order valence-electron chi connectivity index (χ2n) is 5.54. The molecule has 0 radical (unpaired) electrons. The topological polar surface area (TPSA) is 69.6 Å². The Morgan fingerprint density at radius 3 is 2.80 bits per heavy atom. The minimum Gasteiger partial charge on any atom is -0.508 e. The Bertz CT molecular complexity index is 570. The van der Waals surface area contributed by atoms with Gasteiger partial charge >= 0.3 is 0 Å². The highest BCUT2D eigenvalue weighted by Gasteiger charge is 2.37. The van der Waals surface area contributed by atoms with Crippen molar-refractivity contribution >= 4 is 11.8 Å². The third kappa shape index (κ3) is 2.18. The highest BCUT2D eigenvalue weighted by atomic mass is 16.3. The fraction of sp³-hybridized carbons (Fsp3) is 0.467. The molecular formula is C15H18N2O3. The van der Waals surface area contributed by atoms with E-state index in [4.69, 9.17) is 0 Å². The first kappa shape index (κ1) is 13.1. The SMILES string of the molecule is CN1C(=O)CC(NC2CCCc3cc(O)ccc32)C1=O. The minimum atomic E-state index is -0.419. The van der Waals surface area contributed by atoms with Gasteiger partial charge in [0.05, 0.1) is 12.5 Å². The Morgan fingerprint density at radius 1 is 1.30 bits per heavy atom. The third-order valence-corrected chi connectivity index (χ3v) is 4.22. The molecule has 0 aromatic heterocycles. The van der Waals surface area contributed by atoms with Crippen LogP contribution in [0.15, 0.2) is 18.2 Å². The summed E-state index contributed by atoms with van der Waals surface area (Å²) in [4.78, 5) is 24.7. The van der Waals surface area contributed by atoms with Crippen LogP contribution in [-0.4, -0.2) is 34.9 Å². The number of rotatable bonds is 2. The van der Waals surface area contributed by atoms with Crippen LogP contribution < -0.4 is 5.32 Å². The van der Waals surface area contributed by atoms with Crippen molar-refractivity contribution in [3.8, 4) is 5.75 Å². The number of benzene rings is 1. The number of hydrogen-bond acceptors (Lipinski definition) is 4. The third-order valence-electron chi connectivity index (χ3n) is 4.22. The van der Waals surface area contributed by atoms with E-state index in [-0.39, 0.29) is 30.0 Å². The Morgan fingerprint density at radius 2 is 2.10 bits per heavy atom. The van der Waals surface area contributed by atoms with E-state index in [0.29, 0.717) is 0 Å². The van der Waals surface area contributed by atoms with Gasteiger partial charge in [0.15, 0.2) is 0 Å². The predicted molar refractivity (Wildman–Crippen MR) is 73.1 cm³/mol. The van der Waals surface area contributed by atoms with Crippen LogP contribution in [0.2, 0.25) is 0 Å². The Kier molecular flexibility index (Phi) is 3.22. The summed E-state index contributed by atoms with van der Waals surface area (Å²) in [5.41, 5.74) is 2.25. The van der Waals surface area contributed by atoms with Crippen LogP contribution >= 0.6 is 0 Å². The second kappa shape index (κ2) is 4.90. The molecule has 1 aliphatic heterocycles. The highest BCUT2D eigenvalue weighted by Crippen LogP contribution is 2.32. The van der Waals surface area contributed by atoms with E-state index in [1.54, 1.807) is 12.1 Å². The number of likely N-dealkylation sites (tertiary alicyclic amines) is 1. The highest BCUT2D eigenvalue weighted by molar-refractivity contribution is 6.05. The van der Waals surface area contributed by atoms with Crippen molar-refractivity contribution in [2.45, 2.75) is 37.8 Å². The molecule has 0 bridgehead atoms. The van der Waals surface area contributed by atoms with Gasteiger partial charge < -0.3 is 5.11 Å². The zero-order valence-electron chi connectivity index (χ0n) is 11.4. The fourth-order valence-electron chi connectivity index (χ4n) is 3.10. The number of likely N-dealkylation sites (N-methyl/N-ethyl adjacent to an activating group) is 1. The van der Waals surface area contributed by atoms with Gasteiger partial charge in [-0.1, -0.05) is 6.07 Å². The maximum Gasteiger partial charge on any atom is 0.246 e. The summed E-state index contributed by atoms with van der Waals surface area (Å²) in [5, 5.41) is 12.9. The molecule has 1 aliphatic carbocycles. The van der Waals surface area contributed by atoms with Crippen LogP contribution in [0.4, 0.5) is 0 Å². The summed E-state index contributed by atoms with van der Waals surface area (Å²) < 4.78 is 0. The molecule has 2 N–H and O–H groups in total. The standard InChI is InChI=1S/C15H18N2O3/c1-17-14(19)8-13(15(17)20)16-12-4-2-3-9-7-10(18)5-6-11(9)12/h5-7,12-13,16,18H,2-4,8H2,1H3. The molecular weight excluding hydrogens is 256 g/mol. The van der Waals surface area contributed by atoms with Gasteiger partial charge in [0.1, 0.15) is 5.75 Å². The van der Waals surface area contributed by atoms with Crippen molar-refractivity contribution < 1.29 is 14.7 Å². The number of imide groups is 1. The van der Waals surface area contributed by atoms with Crippen LogP contribution in [0, 0.1) is 0 Å². The molecule has 1 heterocycles. The lowest BCUT2D eigenvalue weighted by atomic mass is 9.87. The molecule has 1 saturated heterocycles. The molecule has 1 fully saturated rings. The van der Waals surface area contributed by atoms with Crippen LogP contribution in [0.5, 0.6) is 5.75 Å². The maximum atomic E-state index is 12.0. The van der Waals surface area contributed by atoms with Crippen molar-refractivity contribution in [3.05, 3.63) is 29.3 Å². The molecule has 1 aromatic carbocycles. The molecule has 2 atom stereocenters. The number of amides is 2.